The highest BCUT2D eigenvalue weighted by molar-refractivity contribution is 7.13. The number of rotatable bonds is 6. The van der Waals surface area contributed by atoms with E-state index in [1.165, 1.54) is 5.56 Å². The second kappa shape index (κ2) is 11.5. The Balaban J connectivity index is 0.00000169. The molecule has 0 saturated carbocycles. The molecule has 26 heavy (non-hydrogen) atoms. The fourth-order valence-corrected chi connectivity index (χ4v) is 3.56. The van der Waals surface area contributed by atoms with E-state index in [1.807, 2.05) is 5.38 Å². The normalized spacial score (nSPS) is 14.2. The summed E-state index contributed by atoms with van der Waals surface area (Å²) in [6.45, 7) is 7.88. The molecule has 0 spiro atoms. The summed E-state index contributed by atoms with van der Waals surface area (Å²) in [7, 11) is 0. The van der Waals surface area contributed by atoms with Crippen LogP contribution in [-0.2, 0) is 11.2 Å². The molecule has 1 aromatic carbocycles. The lowest BCUT2D eigenvalue weighted by molar-refractivity contribution is -0.120. The van der Waals surface area contributed by atoms with Crippen molar-refractivity contribution in [3.63, 3.8) is 0 Å². The molecule has 3 rings (SSSR count). The van der Waals surface area contributed by atoms with E-state index in [4.69, 9.17) is 0 Å². The SMILES string of the molecule is Cc1ccc(-c2nc(CC(=O)NCCN3CCNCC3)cs2)cc1.Cl.Cl. The monoisotopic (exact) mass is 416 g/mol. The molecule has 1 fully saturated rings. The number of hydrogen-bond donors (Lipinski definition) is 2. The minimum Gasteiger partial charge on any atom is -0.354 e. The quantitative estimate of drug-likeness (QED) is 0.759. The van der Waals surface area contributed by atoms with E-state index in [-0.39, 0.29) is 30.7 Å². The van der Waals surface area contributed by atoms with Gasteiger partial charge in [0.15, 0.2) is 0 Å². The maximum Gasteiger partial charge on any atom is 0.226 e. The summed E-state index contributed by atoms with van der Waals surface area (Å²) in [6.07, 6.45) is 0.351. The molecule has 0 bridgehead atoms. The first kappa shape index (κ1) is 22.9. The number of thiazole rings is 1. The highest BCUT2D eigenvalue weighted by Gasteiger charge is 2.11. The van der Waals surface area contributed by atoms with Crippen LogP contribution >= 0.6 is 36.2 Å². The lowest BCUT2D eigenvalue weighted by Crippen LogP contribution is -2.46. The largest absolute Gasteiger partial charge is 0.354 e. The standard InChI is InChI=1S/C18H24N4OS.2ClH/c1-14-2-4-15(5-3-14)18-21-16(13-24-18)12-17(23)20-8-11-22-9-6-19-7-10-22;;/h2-5,13,19H,6-12H2,1H3,(H,20,23);2*1H. The van der Waals surface area contributed by atoms with E-state index in [9.17, 15) is 4.79 Å². The Bertz CT molecular complexity index is 672. The van der Waals surface area contributed by atoms with Crippen LogP contribution in [0.15, 0.2) is 29.6 Å². The molecule has 2 aromatic rings. The van der Waals surface area contributed by atoms with Crippen LogP contribution in [0.25, 0.3) is 10.6 Å². The number of amides is 1. The second-order valence-electron chi connectivity index (χ2n) is 6.13. The molecular formula is C18H26Cl2N4OS. The number of carbonyl (C=O) groups is 1. The van der Waals surface area contributed by atoms with Gasteiger partial charge in [-0.15, -0.1) is 36.2 Å². The fraction of sp³-hybridized carbons (Fsp3) is 0.444. The van der Waals surface area contributed by atoms with Crippen molar-refractivity contribution in [1.29, 1.82) is 0 Å². The van der Waals surface area contributed by atoms with Gasteiger partial charge in [0, 0.05) is 50.2 Å². The first-order valence-corrected chi connectivity index (χ1v) is 9.30. The van der Waals surface area contributed by atoms with Gasteiger partial charge in [0.25, 0.3) is 0 Å². The lowest BCUT2D eigenvalue weighted by Gasteiger charge is -2.27. The zero-order valence-electron chi connectivity index (χ0n) is 14.9. The molecule has 8 heteroatoms. The molecule has 144 valence electrons. The van der Waals surface area contributed by atoms with Crippen LogP contribution in [0.3, 0.4) is 0 Å². The summed E-state index contributed by atoms with van der Waals surface area (Å²) < 4.78 is 0. The van der Waals surface area contributed by atoms with Gasteiger partial charge in [-0.3, -0.25) is 9.69 Å². The minimum absolute atomic E-state index is 0. The number of carbonyl (C=O) groups excluding carboxylic acids is 1. The van der Waals surface area contributed by atoms with Gasteiger partial charge in [-0.05, 0) is 6.92 Å². The lowest BCUT2D eigenvalue weighted by atomic mass is 10.2. The van der Waals surface area contributed by atoms with Gasteiger partial charge in [-0.2, -0.15) is 0 Å². The van der Waals surface area contributed by atoms with E-state index >= 15 is 0 Å². The second-order valence-corrected chi connectivity index (χ2v) is 6.99. The Morgan fingerprint density at radius 2 is 1.92 bits per heavy atom. The van der Waals surface area contributed by atoms with Gasteiger partial charge < -0.3 is 10.6 Å². The number of aromatic nitrogens is 1. The highest BCUT2D eigenvalue weighted by atomic mass is 35.5. The summed E-state index contributed by atoms with van der Waals surface area (Å²) >= 11 is 1.59. The topological polar surface area (TPSA) is 57.3 Å². The molecule has 2 heterocycles. The van der Waals surface area contributed by atoms with E-state index < -0.39 is 0 Å². The summed E-state index contributed by atoms with van der Waals surface area (Å²) in [5, 5.41) is 9.28. The molecule has 0 atom stereocenters. The molecule has 1 aromatic heterocycles. The summed E-state index contributed by atoms with van der Waals surface area (Å²) in [5.41, 5.74) is 3.19. The van der Waals surface area contributed by atoms with E-state index in [0.29, 0.717) is 13.0 Å². The molecule has 0 unspecified atom stereocenters. The maximum absolute atomic E-state index is 12.1. The van der Waals surface area contributed by atoms with E-state index in [1.54, 1.807) is 11.3 Å². The predicted molar refractivity (Wildman–Crippen MR) is 113 cm³/mol. The average Bonchev–Trinajstić information content (AvgIpc) is 3.05. The van der Waals surface area contributed by atoms with Gasteiger partial charge >= 0.3 is 0 Å². The van der Waals surface area contributed by atoms with Crippen molar-refractivity contribution < 1.29 is 4.79 Å². The molecule has 0 radical (unpaired) electrons. The van der Waals surface area contributed by atoms with Crippen LogP contribution in [0.1, 0.15) is 11.3 Å². The van der Waals surface area contributed by atoms with Crippen molar-refractivity contribution in [2.45, 2.75) is 13.3 Å². The number of benzene rings is 1. The van der Waals surface area contributed by atoms with Crippen LogP contribution in [-0.4, -0.2) is 55.1 Å². The first-order chi connectivity index (χ1) is 11.7. The molecule has 1 aliphatic rings. The zero-order chi connectivity index (χ0) is 16.8. The van der Waals surface area contributed by atoms with Crippen molar-refractivity contribution in [3.05, 3.63) is 40.9 Å². The zero-order valence-corrected chi connectivity index (χ0v) is 17.3. The van der Waals surface area contributed by atoms with Crippen LogP contribution < -0.4 is 10.6 Å². The maximum atomic E-state index is 12.1. The molecular weight excluding hydrogens is 391 g/mol. The first-order valence-electron chi connectivity index (χ1n) is 8.42. The Kier molecular flexibility index (Phi) is 10.1. The highest BCUT2D eigenvalue weighted by Crippen LogP contribution is 2.24. The minimum atomic E-state index is 0. The average molecular weight is 417 g/mol. The molecule has 1 aliphatic heterocycles. The summed E-state index contributed by atoms with van der Waals surface area (Å²) in [5.74, 6) is 0.0471. The number of nitrogens with zero attached hydrogens (tertiary/aromatic N) is 2. The van der Waals surface area contributed by atoms with Crippen LogP contribution in [0.2, 0.25) is 0 Å². The summed E-state index contributed by atoms with van der Waals surface area (Å²) in [6, 6.07) is 8.31. The number of halogens is 2. The third-order valence-corrected chi connectivity index (χ3v) is 5.09. The third kappa shape index (κ3) is 6.85. The molecule has 1 amide bonds. The van der Waals surface area contributed by atoms with Crippen molar-refractivity contribution in [2.75, 3.05) is 39.3 Å². The number of aryl methyl sites for hydroxylation is 1. The number of hydrogen-bond acceptors (Lipinski definition) is 5. The van der Waals surface area contributed by atoms with Gasteiger partial charge in [-0.25, -0.2) is 4.98 Å². The Hall–Kier alpha value is -1.18. The van der Waals surface area contributed by atoms with Gasteiger partial charge in [-0.1, -0.05) is 29.8 Å². The Morgan fingerprint density at radius 3 is 2.62 bits per heavy atom. The molecule has 1 saturated heterocycles. The summed E-state index contributed by atoms with van der Waals surface area (Å²) in [4.78, 5) is 19.0. The number of piperazine rings is 1. The molecule has 0 aliphatic carbocycles. The van der Waals surface area contributed by atoms with Gasteiger partial charge in [0.05, 0.1) is 12.1 Å². The van der Waals surface area contributed by atoms with Gasteiger partial charge in [0.2, 0.25) is 5.91 Å². The number of nitrogens with one attached hydrogen (secondary N) is 2. The van der Waals surface area contributed by atoms with E-state index in [0.717, 1.165) is 49.0 Å². The van der Waals surface area contributed by atoms with Crippen LogP contribution in [0.4, 0.5) is 0 Å². The Morgan fingerprint density at radius 1 is 1.23 bits per heavy atom. The van der Waals surface area contributed by atoms with Gasteiger partial charge in [0.1, 0.15) is 5.01 Å². The van der Waals surface area contributed by atoms with Crippen molar-refractivity contribution in [3.8, 4) is 10.6 Å². The smallest absolute Gasteiger partial charge is 0.226 e. The Labute approximate surface area is 171 Å². The molecule has 2 N–H and O–H groups in total. The fourth-order valence-electron chi connectivity index (χ4n) is 2.73. The third-order valence-electron chi connectivity index (χ3n) is 4.15. The van der Waals surface area contributed by atoms with Crippen molar-refractivity contribution in [2.24, 2.45) is 0 Å². The van der Waals surface area contributed by atoms with Crippen LogP contribution in [0.5, 0.6) is 0 Å². The van der Waals surface area contributed by atoms with E-state index in [2.05, 4.69) is 51.7 Å². The van der Waals surface area contributed by atoms with Crippen molar-refractivity contribution >= 4 is 42.1 Å². The van der Waals surface area contributed by atoms with Crippen molar-refractivity contribution in [1.82, 2.24) is 20.5 Å². The predicted octanol–water partition coefficient (Wildman–Crippen LogP) is 2.53. The molecule has 5 nitrogen and oxygen atoms in total. The van der Waals surface area contributed by atoms with Crippen LogP contribution in [0, 0.1) is 6.92 Å².